The number of halogens is 1. The molecule has 1 amide bonds. The summed E-state index contributed by atoms with van der Waals surface area (Å²) in [6.45, 7) is 0.986. The SMILES string of the molecule is COc1ccc(-c2cc(CNC(C)CF)c(O)c3c2C[C@H]2C[C@H]4[C@H](N(C)C)C(=O)C(C(N)=O)=C(O)[C@@]4(O)C(=O)C2=C3O)cn1. The molecule has 0 spiro atoms. The van der Waals surface area contributed by atoms with Gasteiger partial charge in [-0.1, -0.05) is 0 Å². The number of benzene rings is 1. The summed E-state index contributed by atoms with van der Waals surface area (Å²) in [7, 11) is 4.56. The van der Waals surface area contributed by atoms with Gasteiger partial charge in [0.25, 0.3) is 5.91 Å². The summed E-state index contributed by atoms with van der Waals surface area (Å²) >= 11 is 0. The number of nitrogens with two attached hydrogens (primary N) is 1. The Bertz CT molecular complexity index is 1620. The Morgan fingerprint density at radius 3 is 2.55 bits per heavy atom. The van der Waals surface area contributed by atoms with Crippen LogP contribution in [0.5, 0.6) is 11.6 Å². The molecular formula is C31H35FN4O8. The van der Waals surface area contributed by atoms with E-state index in [0.717, 1.165) is 0 Å². The lowest BCUT2D eigenvalue weighted by Gasteiger charge is -2.50. The fourth-order valence-electron chi connectivity index (χ4n) is 6.76. The molecule has 12 nitrogen and oxygen atoms in total. The van der Waals surface area contributed by atoms with Crippen molar-refractivity contribution in [2.75, 3.05) is 27.9 Å². The molecule has 234 valence electrons. The Hall–Kier alpha value is -4.33. The van der Waals surface area contributed by atoms with E-state index in [1.54, 1.807) is 45.4 Å². The molecule has 7 N–H and O–H groups in total. The average Bonchev–Trinajstić information content (AvgIpc) is 2.98. The Labute approximate surface area is 252 Å². The molecular weight excluding hydrogens is 575 g/mol. The Balaban J connectivity index is 1.74. The van der Waals surface area contributed by atoms with Crippen molar-refractivity contribution in [3.63, 3.8) is 0 Å². The van der Waals surface area contributed by atoms with E-state index in [4.69, 9.17) is 10.5 Å². The molecule has 1 heterocycles. The van der Waals surface area contributed by atoms with E-state index < -0.39 is 70.8 Å². The van der Waals surface area contributed by atoms with E-state index in [2.05, 4.69) is 10.3 Å². The minimum Gasteiger partial charge on any atom is -0.508 e. The second-order valence-corrected chi connectivity index (χ2v) is 11.8. The van der Waals surface area contributed by atoms with E-state index >= 15 is 0 Å². The number of hydrogen-bond donors (Lipinski definition) is 6. The lowest BCUT2D eigenvalue weighted by atomic mass is 9.57. The lowest BCUT2D eigenvalue weighted by molar-refractivity contribution is -0.153. The normalized spacial score (nSPS) is 25.5. The zero-order chi connectivity index (χ0) is 32.2. The van der Waals surface area contributed by atoms with Crippen LogP contribution in [0.4, 0.5) is 4.39 Å². The first-order chi connectivity index (χ1) is 20.8. The average molecular weight is 611 g/mol. The quantitative estimate of drug-likeness (QED) is 0.237. The van der Waals surface area contributed by atoms with Gasteiger partial charge in [0.15, 0.2) is 11.4 Å². The maximum absolute atomic E-state index is 14.2. The molecule has 13 heteroatoms. The number of ketones is 2. The fraction of sp³-hybridized carbons (Fsp3) is 0.419. The highest BCUT2D eigenvalue weighted by Crippen LogP contribution is 2.54. The predicted molar refractivity (Wildman–Crippen MR) is 156 cm³/mol. The number of alkyl halides is 1. The standard InChI is InChI=1S/C31H35FN4O8/c1-13(10-32)34-12-16-8-17(14-5-6-20(44-4)35-11-14)18-7-15-9-19-24(36(2)3)27(39)23(30(33)42)29(41)31(19,43)28(40)21(15)26(38)22(18)25(16)37/h5-6,8,11,13,15,19,24,34,37-38,41,43H,7,9-10,12H2,1-4H3,(H2,33,42)/t13?,15-,19-,24-,31-/m0/s1. The summed E-state index contributed by atoms with van der Waals surface area (Å²) in [5.41, 5.74) is 3.45. The summed E-state index contributed by atoms with van der Waals surface area (Å²) in [5.74, 6) is -6.90. The Morgan fingerprint density at radius 1 is 1.27 bits per heavy atom. The summed E-state index contributed by atoms with van der Waals surface area (Å²) in [6.07, 6.45) is 1.63. The topological polar surface area (TPSA) is 196 Å². The molecule has 0 bridgehead atoms. The molecule has 5 rings (SSSR count). The third-order valence-electron chi connectivity index (χ3n) is 8.93. The maximum atomic E-state index is 14.2. The molecule has 3 aliphatic rings. The van der Waals surface area contributed by atoms with Gasteiger partial charge >= 0.3 is 0 Å². The molecule has 1 fully saturated rings. The van der Waals surface area contributed by atoms with Crippen LogP contribution in [0, 0.1) is 11.8 Å². The molecule has 0 aliphatic heterocycles. The van der Waals surface area contributed by atoms with Crippen molar-refractivity contribution >= 4 is 23.2 Å². The molecule has 1 aromatic heterocycles. The number of aromatic hydroxyl groups is 1. The molecule has 1 aromatic carbocycles. The van der Waals surface area contributed by atoms with E-state index in [1.165, 1.54) is 12.0 Å². The van der Waals surface area contributed by atoms with Crippen molar-refractivity contribution in [3.8, 4) is 22.8 Å². The minimum absolute atomic E-state index is 0.0188. The van der Waals surface area contributed by atoms with Crippen molar-refractivity contribution < 1.29 is 43.9 Å². The smallest absolute Gasteiger partial charge is 0.255 e. The maximum Gasteiger partial charge on any atom is 0.255 e. The first-order valence-electron chi connectivity index (χ1n) is 14.1. The van der Waals surface area contributed by atoms with Crippen molar-refractivity contribution in [3.05, 3.63) is 58.0 Å². The number of carbonyl (C=O) groups excluding carboxylic acids is 3. The van der Waals surface area contributed by atoms with Gasteiger partial charge in [0.05, 0.1) is 18.7 Å². The number of nitrogens with zero attached hydrogens (tertiary/aromatic N) is 2. The molecule has 3 aliphatic carbocycles. The molecule has 1 saturated carbocycles. The number of methoxy groups -OCH3 is 1. The first-order valence-corrected chi connectivity index (χ1v) is 14.1. The monoisotopic (exact) mass is 610 g/mol. The summed E-state index contributed by atoms with van der Waals surface area (Å²) in [6, 6.07) is 3.38. The van der Waals surface area contributed by atoms with Crippen LogP contribution in [-0.2, 0) is 27.3 Å². The zero-order valence-electron chi connectivity index (χ0n) is 24.7. The number of phenolic OH excluding ortho intramolecular Hbond substituents is 1. The van der Waals surface area contributed by atoms with Crippen molar-refractivity contribution in [1.82, 2.24) is 15.2 Å². The molecule has 5 atom stereocenters. The van der Waals surface area contributed by atoms with E-state index in [-0.39, 0.29) is 36.3 Å². The Morgan fingerprint density at radius 2 is 1.98 bits per heavy atom. The highest BCUT2D eigenvalue weighted by molar-refractivity contribution is 6.24. The van der Waals surface area contributed by atoms with Crippen LogP contribution in [0.25, 0.3) is 16.9 Å². The largest absolute Gasteiger partial charge is 0.508 e. The van der Waals surface area contributed by atoms with Crippen LogP contribution < -0.4 is 15.8 Å². The van der Waals surface area contributed by atoms with Gasteiger partial charge < -0.3 is 36.2 Å². The van der Waals surface area contributed by atoms with Gasteiger partial charge in [-0.15, -0.1) is 0 Å². The number of primary amides is 1. The molecule has 0 radical (unpaired) electrons. The molecule has 44 heavy (non-hydrogen) atoms. The summed E-state index contributed by atoms with van der Waals surface area (Å²) < 4.78 is 18.4. The van der Waals surface area contributed by atoms with Crippen LogP contribution in [0.2, 0.25) is 0 Å². The van der Waals surface area contributed by atoms with Crippen molar-refractivity contribution in [2.45, 2.75) is 44.0 Å². The number of aromatic nitrogens is 1. The second kappa shape index (κ2) is 11.3. The van der Waals surface area contributed by atoms with Gasteiger partial charge in [0.2, 0.25) is 11.7 Å². The molecule has 0 saturated heterocycles. The number of aliphatic hydroxyl groups excluding tert-OH is 2. The summed E-state index contributed by atoms with van der Waals surface area (Å²) in [4.78, 5) is 45.4. The molecule has 2 aromatic rings. The first kappa shape index (κ1) is 31.1. The van der Waals surface area contributed by atoms with E-state index in [1.807, 2.05) is 0 Å². The predicted octanol–water partition coefficient (Wildman–Crippen LogP) is 1.48. The number of aliphatic hydroxyl groups is 3. The van der Waals surface area contributed by atoms with Crippen molar-refractivity contribution in [2.24, 2.45) is 17.6 Å². The number of rotatable bonds is 8. The second-order valence-electron chi connectivity index (χ2n) is 11.8. The number of carbonyl (C=O) groups is 3. The van der Waals surface area contributed by atoms with Gasteiger partial charge in [-0.2, -0.15) is 0 Å². The Kier molecular flexibility index (Phi) is 7.99. The van der Waals surface area contributed by atoms with Gasteiger partial charge in [-0.05, 0) is 63.0 Å². The van der Waals surface area contributed by atoms with Gasteiger partial charge in [0.1, 0.15) is 29.5 Å². The third kappa shape index (κ3) is 4.62. The lowest BCUT2D eigenvalue weighted by Crippen LogP contribution is -2.65. The highest BCUT2D eigenvalue weighted by Gasteiger charge is 2.64. The summed E-state index contributed by atoms with van der Waals surface area (Å²) in [5, 5.41) is 49.0. The molecule has 1 unspecified atom stereocenters. The number of hydrogen-bond acceptors (Lipinski definition) is 11. The van der Waals surface area contributed by atoms with E-state index in [9.17, 15) is 39.2 Å². The number of Topliss-reactive ketones (excluding diaryl/α,β-unsaturated/α-hetero) is 2. The third-order valence-corrected chi connectivity index (χ3v) is 8.93. The fourth-order valence-corrected chi connectivity index (χ4v) is 6.76. The van der Waals surface area contributed by atoms with Crippen LogP contribution in [0.15, 0.2) is 41.3 Å². The number of pyridine rings is 1. The van der Waals surface area contributed by atoms with Gasteiger partial charge in [-0.3, -0.25) is 19.3 Å². The van der Waals surface area contributed by atoms with Crippen LogP contribution in [0.3, 0.4) is 0 Å². The van der Waals surface area contributed by atoms with Crippen molar-refractivity contribution in [1.29, 1.82) is 0 Å². The van der Waals surface area contributed by atoms with Crippen LogP contribution in [0.1, 0.15) is 30.0 Å². The number of phenols is 1. The number of nitrogens with one attached hydrogen (secondary N) is 1. The zero-order valence-corrected chi connectivity index (χ0v) is 24.7. The van der Waals surface area contributed by atoms with Crippen LogP contribution in [-0.4, -0.2) is 93.3 Å². The van der Waals surface area contributed by atoms with E-state index in [0.29, 0.717) is 28.1 Å². The number of amides is 1. The number of fused-ring (bicyclic) bond motifs is 3. The highest BCUT2D eigenvalue weighted by atomic mass is 19.1. The van der Waals surface area contributed by atoms with Crippen LogP contribution >= 0.6 is 0 Å². The number of ether oxygens (including phenoxy) is 1. The van der Waals surface area contributed by atoms with Gasteiger partial charge in [-0.25, -0.2) is 9.37 Å². The van der Waals surface area contributed by atoms with Gasteiger partial charge in [0, 0.05) is 47.5 Å². The number of likely N-dealkylation sites (N-methyl/N-ethyl adjacent to an activating group) is 1. The minimum atomic E-state index is -2.74.